The van der Waals surface area contributed by atoms with Crippen molar-refractivity contribution >= 4 is 40.2 Å². The molecule has 0 radical (unpaired) electrons. The van der Waals surface area contributed by atoms with Gasteiger partial charge in [0.25, 0.3) is 0 Å². The number of rotatable bonds is 5. The molecule has 1 unspecified atom stereocenters. The van der Waals surface area contributed by atoms with Gasteiger partial charge in [-0.15, -0.1) is 0 Å². The number of aromatic nitrogens is 4. The molecule has 10 heteroatoms. The third-order valence-electron chi connectivity index (χ3n) is 4.75. The van der Waals surface area contributed by atoms with E-state index in [0.717, 1.165) is 24.2 Å². The summed E-state index contributed by atoms with van der Waals surface area (Å²) in [5, 5.41) is 15.7. The first-order valence-corrected chi connectivity index (χ1v) is 9.30. The third-order valence-corrected chi connectivity index (χ3v) is 4.75. The van der Waals surface area contributed by atoms with Crippen molar-refractivity contribution in [2.24, 2.45) is 0 Å². The fourth-order valence-electron chi connectivity index (χ4n) is 3.36. The lowest BCUT2D eigenvalue weighted by molar-refractivity contribution is -0.111. The van der Waals surface area contributed by atoms with Crippen molar-refractivity contribution in [2.45, 2.75) is 12.5 Å². The first-order valence-electron chi connectivity index (χ1n) is 9.30. The molecule has 1 saturated heterocycles. The summed E-state index contributed by atoms with van der Waals surface area (Å²) < 4.78 is 0. The molecule has 30 heavy (non-hydrogen) atoms. The smallest absolute Gasteiger partial charge is 0.247 e. The predicted molar refractivity (Wildman–Crippen MR) is 114 cm³/mol. The molecule has 0 saturated carbocycles. The number of nitrogens with two attached hydrogens (primary N) is 1. The highest BCUT2D eigenvalue weighted by Gasteiger charge is 2.26. The van der Waals surface area contributed by atoms with Gasteiger partial charge in [0.2, 0.25) is 17.8 Å². The fraction of sp³-hybridized carbons (Fsp3) is 0.200. The summed E-state index contributed by atoms with van der Waals surface area (Å²) in [6.07, 6.45) is 5.05. The minimum Gasteiger partial charge on any atom is -0.368 e. The molecule has 1 atom stereocenters. The van der Waals surface area contributed by atoms with Crippen LogP contribution in [0.25, 0.3) is 10.9 Å². The fourth-order valence-corrected chi connectivity index (χ4v) is 3.36. The van der Waals surface area contributed by atoms with Crippen LogP contribution < -0.4 is 21.3 Å². The van der Waals surface area contributed by atoms with Crippen LogP contribution in [0.2, 0.25) is 0 Å². The number of nitriles is 1. The lowest BCUT2D eigenvalue weighted by Crippen LogP contribution is -2.27. The van der Waals surface area contributed by atoms with Crippen molar-refractivity contribution in [3.63, 3.8) is 0 Å². The highest BCUT2D eigenvalue weighted by molar-refractivity contribution is 6.01. The summed E-state index contributed by atoms with van der Waals surface area (Å²) in [4.78, 5) is 30.8. The number of nitrogen functional groups attached to an aromatic ring is 1. The molecule has 1 amide bonds. The number of benzene rings is 1. The Bertz CT molecular complexity index is 1150. The Balaban J connectivity index is 1.54. The van der Waals surface area contributed by atoms with Crippen molar-refractivity contribution in [1.29, 1.82) is 5.26 Å². The lowest BCUT2D eigenvalue weighted by Gasteiger charge is -2.20. The van der Waals surface area contributed by atoms with Crippen LogP contribution in [0.15, 0.2) is 43.2 Å². The van der Waals surface area contributed by atoms with Crippen LogP contribution in [0.5, 0.6) is 0 Å². The van der Waals surface area contributed by atoms with Gasteiger partial charge in [0, 0.05) is 30.2 Å². The third kappa shape index (κ3) is 3.95. The molecule has 1 aliphatic rings. The molecule has 1 fully saturated rings. The van der Waals surface area contributed by atoms with Crippen molar-refractivity contribution in [3.8, 4) is 6.07 Å². The number of carbonyl (C=O) groups is 1. The van der Waals surface area contributed by atoms with Crippen molar-refractivity contribution in [2.75, 3.05) is 34.4 Å². The van der Waals surface area contributed by atoms with Gasteiger partial charge in [-0.05, 0) is 30.7 Å². The second kappa shape index (κ2) is 8.00. The summed E-state index contributed by atoms with van der Waals surface area (Å²) in [6.45, 7) is 4.91. The Morgan fingerprint density at radius 1 is 1.33 bits per heavy atom. The van der Waals surface area contributed by atoms with E-state index in [2.05, 4.69) is 42.0 Å². The van der Waals surface area contributed by atoms with Crippen LogP contribution >= 0.6 is 0 Å². The van der Waals surface area contributed by atoms with Crippen molar-refractivity contribution < 1.29 is 4.79 Å². The van der Waals surface area contributed by atoms with Crippen LogP contribution in [0.4, 0.5) is 23.4 Å². The zero-order valence-corrected chi connectivity index (χ0v) is 16.0. The molecular weight excluding hydrogens is 382 g/mol. The van der Waals surface area contributed by atoms with E-state index < -0.39 is 0 Å². The van der Waals surface area contributed by atoms with Gasteiger partial charge in [-0.1, -0.05) is 6.58 Å². The molecule has 4 N–H and O–H groups in total. The second-order valence-corrected chi connectivity index (χ2v) is 6.81. The molecule has 10 nitrogen and oxygen atoms in total. The number of anilines is 4. The average Bonchev–Trinajstić information content (AvgIpc) is 3.21. The lowest BCUT2D eigenvalue weighted by atomic mass is 10.2. The van der Waals surface area contributed by atoms with E-state index in [-0.39, 0.29) is 17.9 Å². The van der Waals surface area contributed by atoms with E-state index >= 15 is 0 Å². The largest absolute Gasteiger partial charge is 0.368 e. The maximum Gasteiger partial charge on any atom is 0.247 e. The monoisotopic (exact) mass is 401 g/mol. The van der Waals surface area contributed by atoms with Gasteiger partial charge in [-0.25, -0.2) is 15.0 Å². The molecule has 0 bridgehead atoms. The maximum absolute atomic E-state index is 11.6. The molecule has 1 aliphatic heterocycles. The number of nitrogens with zero attached hydrogens (tertiary/aromatic N) is 6. The molecule has 1 aromatic carbocycles. The molecular formula is C20H19N9O. The summed E-state index contributed by atoms with van der Waals surface area (Å²) >= 11 is 0. The van der Waals surface area contributed by atoms with E-state index in [9.17, 15) is 4.79 Å². The van der Waals surface area contributed by atoms with Gasteiger partial charge in [-0.2, -0.15) is 10.2 Å². The Morgan fingerprint density at radius 3 is 2.87 bits per heavy atom. The van der Waals surface area contributed by atoms with Gasteiger partial charge in [-0.3, -0.25) is 4.79 Å². The Labute approximate surface area is 172 Å². The number of hydrogen-bond acceptors (Lipinski definition) is 9. The minimum atomic E-state index is -0.296. The molecule has 4 rings (SSSR count). The van der Waals surface area contributed by atoms with Crippen LogP contribution in [0.1, 0.15) is 12.0 Å². The van der Waals surface area contributed by atoms with E-state index in [1.54, 1.807) is 12.1 Å². The van der Waals surface area contributed by atoms with E-state index in [0.29, 0.717) is 29.3 Å². The number of hydrogen-bond donors (Lipinski definition) is 3. The first kappa shape index (κ1) is 19.1. The number of nitrogens with one attached hydrogen (secondary N) is 2. The maximum atomic E-state index is 11.6. The van der Waals surface area contributed by atoms with Crippen LogP contribution in [0.3, 0.4) is 0 Å². The zero-order chi connectivity index (χ0) is 21.1. The topological polar surface area (TPSA) is 146 Å². The Morgan fingerprint density at radius 2 is 2.13 bits per heavy atom. The molecule has 3 aromatic rings. The standard InChI is InChI=1S/C20H19N9O/c1-2-17(30)25-13-3-4-15-16(7-13)27-19(22)28-18(15)29-6-5-14(11-29)26-20-23-9-12(8-21)10-24-20/h2-4,7,9-10,14H,1,5-6,11H2,(H,25,30)(H2,22,27,28)(H,23,24,26). The zero-order valence-electron chi connectivity index (χ0n) is 16.0. The molecule has 3 heterocycles. The number of carbonyl (C=O) groups excluding carboxylic acids is 1. The van der Waals surface area contributed by atoms with Gasteiger partial charge >= 0.3 is 0 Å². The van der Waals surface area contributed by atoms with Crippen molar-refractivity contribution in [3.05, 3.63) is 48.8 Å². The van der Waals surface area contributed by atoms with Gasteiger partial charge in [0.1, 0.15) is 11.9 Å². The summed E-state index contributed by atoms with van der Waals surface area (Å²) in [6, 6.07) is 7.54. The van der Waals surface area contributed by atoms with Gasteiger partial charge in [0.05, 0.1) is 23.5 Å². The molecule has 0 aliphatic carbocycles. The highest BCUT2D eigenvalue weighted by atomic mass is 16.1. The second-order valence-electron chi connectivity index (χ2n) is 6.81. The number of fused-ring (bicyclic) bond motifs is 1. The molecule has 2 aromatic heterocycles. The number of amides is 1. The normalized spacial score (nSPS) is 15.6. The van der Waals surface area contributed by atoms with Crippen LogP contribution in [-0.2, 0) is 4.79 Å². The first-order chi connectivity index (χ1) is 14.6. The minimum absolute atomic E-state index is 0.121. The van der Waals surface area contributed by atoms with Crippen LogP contribution in [-0.4, -0.2) is 45.0 Å². The Hall–Kier alpha value is -4.26. The Kier molecular flexibility index (Phi) is 5.09. The molecule has 150 valence electrons. The summed E-state index contributed by atoms with van der Waals surface area (Å²) in [5.74, 6) is 1.09. The van der Waals surface area contributed by atoms with E-state index in [1.165, 1.54) is 18.5 Å². The van der Waals surface area contributed by atoms with Gasteiger partial charge in [0.15, 0.2) is 0 Å². The van der Waals surface area contributed by atoms with Gasteiger partial charge < -0.3 is 21.3 Å². The predicted octanol–water partition coefficient (Wildman–Crippen LogP) is 1.69. The molecule has 0 spiro atoms. The quantitative estimate of drug-likeness (QED) is 0.543. The average molecular weight is 401 g/mol. The summed E-state index contributed by atoms with van der Waals surface area (Å²) in [5.41, 5.74) is 7.61. The van der Waals surface area contributed by atoms with E-state index in [4.69, 9.17) is 11.0 Å². The van der Waals surface area contributed by atoms with Crippen LogP contribution in [0, 0.1) is 11.3 Å². The van der Waals surface area contributed by atoms with E-state index in [1.807, 2.05) is 12.1 Å². The summed E-state index contributed by atoms with van der Waals surface area (Å²) in [7, 11) is 0. The highest BCUT2D eigenvalue weighted by Crippen LogP contribution is 2.29. The van der Waals surface area contributed by atoms with Crippen molar-refractivity contribution in [1.82, 2.24) is 19.9 Å². The SMILES string of the molecule is C=CC(=O)Nc1ccc2c(N3CCC(Nc4ncc(C#N)cn4)C3)nc(N)nc2c1.